The summed E-state index contributed by atoms with van der Waals surface area (Å²) in [6, 6.07) is 2.26. The number of alkyl halides is 5. The van der Waals surface area contributed by atoms with Crippen LogP contribution in [0.25, 0.3) is 0 Å². The molecule has 0 fully saturated rings. The van der Waals surface area contributed by atoms with Crippen molar-refractivity contribution in [1.82, 2.24) is 8.61 Å². The van der Waals surface area contributed by atoms with Crippen LogP contribution in [0.2, 0.25) is 0 Å². The molecule has 0 saturated heterocycles. The predicted molar refractivity (Wildman–Crippen MR) is 120 cm³/mol. The number of nitrogens with zero attached hydrogens (tertiary/aromatic N) is 2. The molecule has 202 valence electrons. The van der Waals surface area contributed by atoms with Crippen LogP contribution in [0, 0.1) is 0 Å². The Kier molecular flexibility index (Phi) is 10.8. The zero-order valence-electron chi connectivity index (χ0n) is 20.0. The average molecular weight is 551 g/mol. The lowest BCUT2D eigenvalue weighted by molar-refractivity contribution is -0.255. The lowest BCUT2D eigenvalue weighted by atomic mass is 10.0. The molecular formula is C21H31F5N2O5S2. The molecule has 1 aromatic rings. The van der Waals surface area contributed by atoms with E-state index in [-0.39, 0.29) is 51.9 Å². The predicted octanol–water partition coefficient (Wildman–Crippen LogP) is 4.69. The number of hydrogen-bond acceptors (Lipinski definition) is 5. The summed E-state index contributed by atoms with van der Waals surface area (Å²) in [6.07, 6.45) is -5.26. The minimum Gasteiger partial charge on any atom is -0.287 e. The van der Waals surface area contributed by atoms with E-state index in [1.54, 1.807) is 27.7 Å². The molecule has 0 unspecified atom stereocenters. The van der Waals surface area contributed by atoms with Gasteiger partial charge < -0.3 is 0 Å². The highest BCUT2D eigenvalue weighted by atomic mass is 32.2. The van der Waals surface area contributed by atoms with Gasteiger partial charge in [0.25, 0.3) is 0 Å². The minimum absolute atomic E-state index is 0.117. The molecule has 0 spiro atoms. The fraction of sp³-hybridized carbons (Fsp3) is 0.667. The Balaban J connectivity index is 4.11. The van der Waals surface area contributed by atoms with Gasteiger partial charge in [-0.25, -0.2) is 16.8 Å². The second-order valence-electron chi connectivity index (χ2n) is 7.84. The Morgan fingerprint density at radius 1 is 0.714 bits per heavy atom. The highest BCUT2D eigenvalue weighted by Crippen LogP contribution is 2.41. The van der Waals surface area contributed by atoms with E-state index in [0.29, 0.717) is 12.1 Å². The first-order valence-corrected chi connectivity index (χ1v) is 14.1. The maximum absolute atomic E-state index is 14.2. The minimum atomic E-state index is -6.37. The number of hydrogen-bond donors (Lipinski definition) is 0. The van der Waals surface area contributed by atoms with Crippen molar-refractivity contribution in [2.75, 3.05) is 26.2 Å². The van der Waals surface area contributed by atoms with E-state index in [2.05, 4.69) is 0 Å². The number of Topliss-reactive ketones (excluding diaryl/α,β-unsaturated/α-hetero) is 1. The lowest BCUT2D eigenvalue weighted by Crippen LogP contribution is -2.46. The van der Waals surface area contributed by atoms with E-state index in [1.807, 2.05) is 0 Å². The van der Waals surface area contributed by atoms with E-state index >= 15 is 0 Å². The molecule has 0 bridgehead atoms. The quantitative estimate of drug-likeness (QED) is 0.248. The van der Waals surface area contributed by atoms with Crippen molar-refractivity contribution in [3.8, 4) is 0 Å². The maximum Gasteiger partial charge on any atom is 0.461 e. The van der Waals surface area contributed by atoms with Gasteiger partial charge in [0.2, 0.25) is 25.8 Å². The van der Waals surface area contributed by atoms with Gasteiger partial charge in [0.05, 0.1) is 15.4 Å². The highest BCUT2D eigenvalue weighted by Gasteiger charge is 2.64. The third-order valence-electron chi connectivity index (χ3n) is 4.98. The van der Waals surface area contributed by atoms with Crippen molar-refractivity contribution in [1.29, 1.82) is 0 Å². The number of rotatable bonds is 14. The van der Waals surface area contributed by atoms with Crippen LogP contribution in [-0.2, 0) is 20.0 Å². The second-order valence-corrected chi connectivity index (χ2v) is 11.7. The van der Waals surface area contributed by atoms with Crippen LogP contribution in [0.15, 0.2) is 28.0 Å². The summed E-state index contributed by atoms with van der Waals surface area (Å²) in [5.74, 6) is -8.97. The Morgan fingerprint density at radius 3 is 1.29 bits per heavy atom. The first kappa shape index (κ1) is 31.4. The van der Waals surface area contributed by atoms with Crippen LogP contribution >= 0.6 is 0 Å². The zero-order chi connectivity index (χ0) is 27.2. The third kappa shape index (κ3) is 6.57. The summed E-state index contributed by atoms with van der Waals surface area (Å²) in [5.41, 5.74) is -1.69. The standard InChI is InChI=1S/C21H31F5N2O5S2/c1-5-12-27(13-6-2)34(30,31)16-10-9-11-17(35(32,33)28(14-7-3)15-8-4)18(16)19(29)20(22,23)21(24,25)26/h9-11H,5-8,12-15H2,1-4H3. The molecular weight excluding hydrogens is 519 g/mol. The van der Waals surface area contributed by atoms with Gasteiger partial charge in [-0.2, -0.15) is 30.6 Å². The monoisotopic (exact) mass is 550 g/mol. The van der Waals surface area contributed by atoms with Gasteiger partial charge in [0.1, 0.15) is 0 Å². The van der Waals surface area contributed by atoms with Crippen molar-refractivity contribution >= 4 is 25.8 Å². The Hall–Kier alpha value is -1.64. The Morgan fingerprint density at radius 2 is 1.03 bits per heavy atom. The molecule has 0 aliphatic carbocycles. The molecule has 0 heterocycles. The van der Waals surface area contributed by atoms with Crippen LogP contribution in [0.1, 0.15) is 63.7 Å². The average Bonchev–Trinajstić information content (AvgIpc) is 2.76. The molecule has 0 atom stereocenters. The third-order valence-corrected chi connectivity index (χ3v) is 8.87. The zero-order valence-corrected chi connectivity index (χ0v) is 21.7. The molecule has 35 heavy (non-hydrogen) atoms. The van der Waals surface area contributed by atoms with Crippen LogP contribution in [0.3, 0.4) is 0 Å². The molecule has 1 aromatic carbocycles. The molecule has 14 heteroatoms. The van der Waals surface area contributed by atoms with Crippen LogP contribution in [0.4, 0.5) is 22.0 Å². The molecule has 7 nitrogen and oxygen atoms in total. The number of carbonyl (C=O) groups excluding carboxylic acids is 1. The number of ketones is 1. The summed E-state index contributed by atoms with van der Waals surface area (Å²) < 4.78 is 123. The van der Waals surface area contributed by atoms with Gasteiger partial charge in [-0.3, -0.25) is 4.79 Å². The largest absolute Gasteiger partial charge is 0.461 e. The van der Waals surface area contributed by atoms with Gasteiger partial charge >= 0.3 is 12.1 Å². The molecule has 0 N–H and O–H groups in total. The van der Waals surface area contributed by atoms with Crippen LogP contribution in [-0.4, -0.2) is 69.5 Å². The van der Waals surface area contributed by atoms with E-state index in [1.165, 1.54) is 0 Å². The summed E-state index contributed by atoms with van der Waals surface area (Å²) in [4.78, 5) is 10.3. The normalized spacial score (nSPS) is 13.6. The fourth-order valence-corrected chi connectivity index (χ4v) is 7.17. The molecule has 0 saturated carbocycles. The molecule has 0 radical (unpaired) electrons. The molecule has 0 aliphatic heterocycles. The summed E-state index contributed by atoms with van der Waals surface area (Å²) in [6.45, 7) is 6.02. The maximum atomic E-state index is 14.2. The van der Waals surface area contributed by atoms with E-state index in [4.69, 9.17) is 0 Å². The van der Waals surface area contributed by atoms with Crippen molar-refractivity contribution in [3.05, 3.63) is 23.8 Å². The number of benzene rings is 1. The molecule has 0 aromatic heterocycles. The highest BCUT2D eigenvalue weighted by molar-refractivity contribution is 7.90. The van der Waals surface area contributed by atoms with Gasteiger partial charge in [-0.1, -0.05) is 33.8 Å². The number of halogens is 5. The molecule has 0 aliphatic rings. The first-order valence-electron chi connectivity index (χ1n) is 11.2. The van der Waals surface area contributed by atoms with Crippen molar-refractivity contribution in [3.63, 3.8) is 0 Å². The van der Waals surface area contributed by atoms with E-state index < -0.39 is 53.3 Å². The van der Waals surface area contributed by atoms with E-state index in [0.717, 1.165) is 14.7 Å². The van der Waals surface area contributed by atoms with Gasteiger partial charge in [-0.05, 0) is 37.8 Å². The topological polar surface area (TPSA) is 91.8 Å². The first-order chi connectivity index (χ1) is 16.0. The smallest absolute Gasteiger partial charge is 0.287 e. The summed E-state index contributed by atoms with van der Waals surface area (Å²) in [7, 11) is -9.62. The number of sulfonamides is 2. The van der Waals surface area contributed by atoms with E-state index in [9.17, 15) is 43.6 Å². The van der Waals surface area contributed by atoms with Crippen LogP contribution in [0.5, 0.6) is 0 Å². The Labute approximate surface area is 203 Å². The van der Waals surface area contributed by atoms with Crippen LogP contribution < -0.4 is 0 Å². The summed E-state index contributed by atoms with van der Waals surface area (Å²) >= 11 is 0. The van der Waals surface area contributed by atoms with Crippen molar-refractivity contribution < 1.29 is 43.6 Å². The molecule has 1 rings (SSSR count). The van der Waals surface area contributed by atoms with Gasteiger partial charge in [0.15, 0.2) is 0 Å². The van der Waals surface area contributed by atoms with Gasteiger partial charge in [-0.15, -0.1) is 0 Å². The number of carbonyl (C=O) groups is 1. The van der Waals surface area contributed by atoms with Gasteiger partial charge in [0, 0.05) is 26.2 Å². The SMILES string of the molecule is CCCN(CCC)S(=O)(=O)c1cccc(S(=O)(=O)N(CCC)CCC)c1C(=O)C(F)(F)C(F)(F)F. The van der Waals surface area contributed by atoms with Crippen molar-refractivity contribution in [2.24, 2.45) is 0 Å². The fourth-order valence-electron chi connectivity index (χ4n) is 3.43. The van der Waals surface area contributed by atoms with Crippen molar-refractivity contribution in [2.45, 2.75) is 75.3 Å². The second kappa shape index (κ2) is 12.1. The molecule has 0 amide bonds. The Bertz CT molecular complexity index is 1010. The summed E-state index contributed by atoms with van der Waals surface area (Å²) in [5, 5.41) is 0. The lowest BCUT2D eigenvalue weighted by Gasteiger charge is -2.27.